The second-order valence-corrected chi connectivity index (χ2v) is 6.22. The average Bonchev–Trinajstić information content (AvgIpc) is 2.87. The maximum atomic E-state index is 11.5. The van der Waals surface area contributed by atoms with Gasteiger partial charge < -0.3 is 9.67 Å². The molecule has 3 unspecified atom stereocenters. The van der Waals surface area contributed by atoms with Crippen molar-refractivity contribution in [1.82, 2.24) is 14.3 Å². The van der Waals surface area contributed by atoms with Gasteiger partial charge >= 0.3 is 0 Å². The van der Waals surface area contributed by atoms with Crippen molar-refractivity contribution in [2.75, 3.05) is 6.26 Å². The van der Waals surface area contributed by atoms with Gasteiger partial charge in [-0.25, -0.2) is 13.9 Å². The minimum absolute atomic E-state index is 0.00457. The van der Waals surface area contributed by atoms with Gasteiger partial charge in [0.25, 0.3) is 0 Å². The van der Waals surface area contributed by atoms with Crippen LogP contribution < -0.4 is 4.72 Å². The van der Waals surface area contributed by atoms with Gasteiger partial charge in [0.15, 0.2) is 0 Å². The molecule has 5 nitrogen and oxygen atoms in total. The molecule has 0 aliphatic heterocycles. The van der Waals surface area contributed by atoms with Gasteiger partial charge in [-0.2, -0.15) is 0 Å². The fourth-order valence-electron chi connectivity index (χ4n) is 2.36. The highest BCUT2D eigenvalue weighted by Gasteiger charge is 2.15. The lowest BCUT2D eigenvalue weighted by Crippen LogP contribution is -2.36. The quantitative estimate of drug-likeness (QED) is 0.813. The van der Waals surface area contributed by atoms with Crippen LogP contribution >= 0.6 is 0 Å². The first kappa shape index (κ1) is 15.9. The highest BCUT2D eigenvalue weighted by Crippen LogP contribution is 2.12. The largest absolute Gasteiger partial charge is 0.385 e. The molecule has 0 saturated heterocycles. The summed E-state index contributed by atoms with van der Waals surface area (Å²) in [5.41, 5.74) is 1.18. The minimum Gasteiger partial charge on any atom is -0.385 e. The van der Waals surface area contributed by atoms with Crippen molar-refractivity contribution in [1.29, 1.82) is 0 Å². The van der Waals surface area contributed by atoms with Crippen LogP contribution in [0.1, 0.15) is 24.4 Å². The molecule has 2 N–H and O–H groups in total. The van der Waals surface area contributed by atoms with E-state index in [4.69, 9.17) is 0 Å². The van der Waals surface area contributed by atoms with E-state index in [1.807, 2.05) is 29.0 Å². The number of rotatable bonds is 7. The number of hydrogen-bond acceptors (Lipinski definition) is 3. The van der Waals surface area contributed by atoms with Gasteiger partial charge in [-0.15, -0.1) is 0 Å². The number of aromatic nitrogens is 2. The summed E-state index contributed by atoms with van der Waals surface area (Å²) in [6, 6.07) is 10.1. The molecule has 0 radical (unpaired) electrons. The Kier molecular flexibility index (Phi) is 5.67. The number of imidazole rings is 1. The third-order valence-electron chi connectivity index (χ3n) is 3.20. The summed E-state index contributed by atoms with van der Waals surface area (Å²) in [6.07, 6.45) is 5.27. The van der Waals surface area contributed by atoms with Crippen molar-refractivity contribution in [2.24, 2.45) is 0 Å². The van der Waals surface area contributed by atoms with E-state index >= 15 is 0 Å². The van der Waals surface area contributed by atoms with Gasteiger partial charge in [-0.1, -0.05) is 30.3 Å². The van der Waals surface area contributed by atoms with Crippen LogP contribution in [-0.2, 0) is 24.0 Å². The normalized spacial score (nSPS) is 15.6. The molecule has 6 heteroatoms. The molecule has 0 bridgehead atoms. The lowest BCUT2D eigenvalue weighted by molar-refractivity contribution is 0.182. The fraction of sp³-hybridized carbons (Fsp3) is 0.400. The molecule has 2 aromatic rings. The molecule has 0 aliphatic rings. The molecule has 1 aromatic heterocycles. The number of nitrogens with one attached hydrogen (secondary N) is 1. The summed E-state index contributed by atoms with van der Waals surface area (Å²) >= 11 is 0. The number of benzene rings is 1. The van der Waals surface area contributed by atoms with Crippen molar-refractivity contribution in [3.05, 3.63) is 54.1 Å². The molecule has 2 rings (SSSR count). The summed E-state index contributed by atoms with van der Waals surface area (Å²) < 4.78 is 16.5. The molecular weight excluding hydrogens is 286 g/mol. The van der Waals surface area contributed by atoms with E-state index < -0.39 is 17.1 Å². The fourth-order valence-corrected chi connectivity index (χ4v) is 2.98. The van der Waals surface area contributed by atoms with E-state index in [-0.39, 0.29) is 6.04 Å². The van der Waals surface area contributed by atoms with E-state index in [9.17, 15) is 9.32 Å². The molecule has 0 saturated carbocycles. The van der Waals surface area contributed by atoms with Crippen molar-refractivity contribution < 1.29 is 9.32 Å². The van der Waals surface area contributed by atoms with E-state index in [2.05, 4.69) is 21.8 Å². The Hall–Kier alpha value is -1.50. The maximum Gasteiger partial charge on any atom is 0.137 e. The van der Waals surface area contributed by atoms with Crippen LogP contribution in [-0.4, -0.2) is 31.2 Å². The lowest BCUT2D eigenvalue weighted by Gasteiger charge is -2.20. The van der Waals surface area contributed by atoms with E-state index in [0.717, 1.165) is 6.42 Å². The van der Waals surface area contributed by atoms with Gasteiger partial charge in [-0.3, -0.25) is 0 Å². The zero-order valence-electron chi connectivity index (χ0n) is 12.3. The molecule has 1 heterocycles. The number of aliphatic hydroxyl groups is 1. The Balaban J connectivity index is 2.12. The van der Waals surface area contributed by atoms with Crippen LogP contribution in [0.2, 0.25) is 0 Å². The summed E-state index contributed by atoms with van der Waals surface area (Å²) in [5.74, 6) is 0.622. The molecule has 1 aromatic carbocycles. The van der Waals surface area contributed by atoms with Crippen LogP contribution in [0.3, 0.4) is 0 Å². The third-order valence-corrected chi connectivity index (χ3v) is 3.86. The molecule has 0 aliphatic carbocycles. The van der Waals surface area contributed by atoms with Crippen LogP contribution in [0.5, 0.6) is 0 Å². The van der Waals surface area contributed by atoms with E-state index in [1.54, 1.807) is 19.4 Å². The lowest BCUT2D eigenvalue weighted by atomic mass is 10.1. The van der Waals surface area contributed by atoms with Gasteiger partial charge in [0.1, 0.15) is 11.9 Å². The van der Waals surface area contributed by atoms with Crippen molar-refractivity contribution in [2.45, 2.75) is 32.0 Å². The Morgan fingerprint density at radius 3 is 2.71 bits per heavy atom. The first-order chi connectivity index (χ1) is 10.1. The van der Waals surface area contributed by atoms with E-state index in [1.165, 1.54) is 5.56 Å². The standard InChI is InChI=1S/C15H21N3O2S/c1-12(19)15-16-8-9-18(15)11-14(17-21(2)20)10-13-6-4-3-5-7-13/h3-9,12,14,17,19H,10-11H2,1-2H3. The molecule has 0 fully saturated rings. The Labute approximate surface area is 127 Å². The van der Waals surface area contributed by atoms with Crippen molar-refractivity contribution >= 4 is 11.0 Å². The van der Waals surface area contributed by atoms with Crippen molar-refractivity contribution in [3.63, 3.8) is 0 Å². The zero-order chi connectivity index (χ0) is 15.2. The number of nitrogens with zero attached hydrogens (tertiary/aromatic N) is 2. The average molecular weight is 307 g/mol. The smallest absolute Gasteiger partial charge is 0.137 e. The molecule has 21 heavy (non-hydrogen) atoms. The van der Waals surface area contributed by atoms with Crippen LogP contribution in [0.15, 0.2) is 42.7 Å². The molecule has 3 atom stereocenters. The van der Waals surface area contributed by atoms with Gasteiger partial charge in [-0.05, 0) is 18.9 Å². The summed E-state index contributed by atoms with van der Waals surface area (Å²) in [6.45, 7) is 2.30. The molecule has 0 amide bonds. The monoisotopic (exact) mass is 307 g/mol. The highest BCUT2D eigenvalue weighted by molar-refractivity contribution is 7.82. The minimum atomic E-state index is -1.09. The number of hydrogen-bond donors (Lipinski definition) is 2. The van der Waals surface area contributed by atoms with Crippen LogP contribution in [0.4, 0.5) is 0 Å². The third kappa shape index (κ3) is 4.77. The first-order valence-corrected chi connectivity index (χ1v) is 8.44. The van der Waals surface area contributed by atoms with Gasteiger partial charge in [0.2, 0.25) is 0 Å². The summed E-state index contributed by atoms with van der Waals surface area (Å²) in [5, 5.41) is 9.71. The predicted molar refractivity (Wildman–Crippen MR) is 84.0 cm³/mol. The second kappa shape index (κ2) is 7.49. The van der Waals surface area contributed by atoms with Crippen molar-refractivity contribution in [3.8, 4) is 0 Å². The van der Waals surface area contributed by atoms with Crippen LogP contribution in [0.25, 0.3) is 0 Å². The Morgan fingerprint density at radius 2 is 2.10 bits per heavy atom. The molecule has 0 spiro atoms. The summed E-state index contributed by atoms with van der Waals surface area (Å²) in [7, 11) is -1.09. The topological polar surface area (TPSA) is 67.2 Å². The van der Waals surface area contributed by atoms with Gasteiger partial charge in [0, 0.05) is 31.2 Å². The second-order valence-electron chi connectivity index (χ2n) is 5.07. The summed E-state index contributed by atoms with van der Waals surface area (Å²) in [4.78, 5) is 4.16. The number of aliphatic hydroxyl groups excluding tert-OH is 1. The maximum absolute atomic E-state index is 11.5. The predicted octanol–water partition coefficient (Wildman–Crippen LogP) is 1.43. The molecule has 114 valence electrons. The molecular formula is C15H21N3O2S. The van der Waals surface area contributed by atoms with E-state index in [0.29, 0.717) is 12.4 Å². The van der Waals surface area contributed by atoms with Crippen LogP contribution in [0, 0.1) is 0 Å². The zero-order valence-corrected chi connectivity index (χ0v) is 13.1. The first-order valence-electron chi connectivity index (χ1n) is 6.89. The highest BCUT2D eigenvalue weighted by atomic mass is 32.2. The SMILES string of the molecule is CC(O)c1nccn1CC(Cc1ccccc1)NS(C)=O. The Bertz CT molecular complexity index is 584. The van der Waals surface area contributed by atoms with Gasteiger partial charge in [0.05, 0.1) is 11.0 Å². The Morgan fingerprint density at radius 1 is 1.38 bits per heavy atom.